The number of hydrogen-bond acceptors (Lipinski definition) is 3. The molecule has 1 heterocycles. The average Bonchev–Trinajstić information content (AvgIpc) is 2.34. The number of hydrogen-bond donors (Lipinski definition) is 1. The van der Waals surface area contributed by atoms with Crippen LogP contribution in [0.4, 0.5) is 0 Å². The van der Waals surface area contributed by atoms with Gasteiger partial charge in [0.25, 0.3) is 5.91 Å². The van der Waals surface area contributed by atoms with Crippen LogP contribution in [0, 0.1) is 0 Å². The summed E-state index contributed by atoms with van der Waals surface area (Å²) < 4.78 is 0. The van der Waals surface area contributed by atoms with Crippen molar-refractivity contribution in [3.63, 3.8) is 0 Å². The lowest BCUT2D eigenvalue weighted by Crippen LogP contribution is -2.26. The highest BCUT2D eigenvalue weighted by Crippen LogP contribution is 2.02. The van der Waals surface area contributed by atoms with Crippen molar-refractivity contribution in [3.8, 4) is 0 Å². The molecule has 0 aliphatic heterocycles. The van der Waals surface area contributed by atoms with Crippen molar-refractivity contribution in [1.82, 2.24) is 10.3 Å². The highest BCUT2D eigenvalue weighted by molar-refractivity contribution is 6.00. The van der Waals surface area contributed by atoms with Crippen LogP contribution in [0.15, 0.2) is 42.6 Å². The Balaban J connectivity index is 2.67. The fourth-order valence-electron chi connectivity index (χ4n) is 1.12. The van der Waals surface area contributed by atoms with E-state index >= 15 is 0 Å². The Hall–Kier alpha value is -2.19. The van der Waals surface area contributed by atoms with Gasteiger partial charge < -0.3 is 5.32 Å². The Morgan fingerprint density at radius 1 is 1.56 bits per heavy atom. The number of carbonyl (C=O) groups excluding carboxylic acids is 2. The molecule has 0 bridgehead atoms. The van der Waals surface area contributed by atoms with Gasteiger partial charge in [0.2, 0.25) is 0 Å². The average molecular weight is 216 g/mol. The highest BCUT2D eigenvalue weighted by atomic mass is 16.2. The summed E-state index contributed by atoms with van der Waals surface area (Å²) in [7, 11) is 0. The predicted molar refractivity (Wildman–Crippen MR) is 60.4 cm³/mol. The van der Waals surface area contributed by atoms with Gasteiger partial charge in [0.05, 0.1) is 0 Å². The SMILES string of the molecule is C=CCNC(=O)C(=C=O)Cc1ccccn1. The fourth-order valence-corrected chi connectivity index (χ4v) is 1.12. The van der Waals surface area contributed by atoms with Crippen LogP contribution < -0.4 is 5.32 Å². The Labute approximate surface area is 93.7 Å². The molecule has 1 N–H and O–H groups in total. The van der Waals surface area contributed by atoms with Gasteiger partial charge in [-0.15, -0.1) is 6.58 Å². The monoisotopic (exact) mass is 216 g/mol. The summed E-state index contributed by atoms with van der Waals surface area (Å²) >= 11 is 0. The van der Waals surface area contributed by atoms with E-state index in [0.717, 1.165) is 0 Å². The first-order valence-corrected chi connectivity index (χ1v) is 4.81. The second kappa shape index (κ2) is 6.32. The summed E-state index contributed by atoms with van der Waals surface area (Å²) in [5.41, 5.74) is 0.704. The van der Waals surface area contributed by atoms with E-state index in [2.05, 4.69) is 16.9 Å². The van der Waals surface area contributed by atoms with Crippen LogP contribution >= 0.6 is 0 Å². The van der Waals surface area contributed by atoms with Crippen LogP contribution in [0.25, 0.3) is 0 Å². The van der Waals surface area contributed by atoms with Gasteiger partial charge in [-0.25, -0.2) is 4.79 Å². The third kappa shape index (κ3) is 3.52. The maximum Gasteiger partial charge on any atom is 0.258 e. The van der Waals surface area contributed by atoms with E-state index < -0.39 is 5.91 Å². The molecule has 0 saturated carbocycles. The van der Waals surface area contributed by atoms with Crippen molar-refractivity contribution in [3.05, 3.63) is 48.3 Å². The van der Waals surface area contributed by atoms with Crippen LogP contribution in [-0.2, 0) is 16.0 Å². The van der Waals surface area contributed by atoms with Gasteiger partial charge in [-0.2, -0.15) is 0 Å². The van der Waals surface area contributed by atoms with Crippen LogP contribution in [0.5, 0.6) is 0 Å². The molecule has 1 aromatic heterocycles. The molecule has 4 heteroatoms. The summed E-state index contributed by atoms with van der Waals surface area (Å²) in [5.74, 6) is 1.21. The number of rotatable bonds is 5. The van der Waals surface area contributed by atoms with Crippen LogP contribution in [0.3, 0.4) is 0 Å². The molecular weight excluding hydrogens is 204 g/mol. The molecular formula is C12H12N2O2. The molecule has 0 aliphatic rings. The number of pyridine rings is 1. The van der Waals surface area contributed by atoms with Crippen LogP contribution in [0.1, 0.15) is 5.69 Å². The smallest absolute Gasteiger partial charge is 0.258 e. The Morgan fingerprint density at radius 2 is 2.38 bits per heavy atom. The van der Waals surface area contributed by atoms with Gasteiger partial charge >= 0.3 is 0 Å². The largest absolute Gasteiger partial charge is 0.348 e. The number of aromatic nitrogens is 1. The van der Waals surface area contributed by atoms with E-state index in [1.807, 2.05) is 0 Å². The third-order valence-electron chi connectivity index (χ3n) is 1.89. The number of nitrogens with zero attached hydrogens (tertiary/aromatic N) is 1. The lowest BCUT2D eigenvalue weighted by atomic mass is 10.1. The fraction of sp³-hybridized carbons (Fsp3) is 0.167. The Bertz CT molecular complexity index is 420. The minimum atomic E-state index is -0.430. The van der Waals surface area contributed by atoms with Crippen molar-refractivity contribution < 1.29 is 9.59 Å². The number of nitrogens with one attached hydrogen (secondary N) is 1. The third-order valence-corrected chi connectivity index (χ3v) is 1.89. The topological polar surface area (TPSA) is 59.1 Å². The highest BCUT2D eigenvalue weighted by Gasteiger charge is 2.10. The molecule has 0 atom stereocenters. The van der Waals surface area contributed by atoms with Gasteiger partial charge in [-0.1, -0.05) is 12.1 Å². The Kier molecular flexibility index (Phi) is 4.70. The minimum Gasteiger partial charge on any atom is -0.348 e. The van der Waals surface area contributed by atoms with Gasteiger partial charge in [0.15, 0.2) is 0 Å². The summed E-state index contributed by atoms with van der Waals surface area (Å²) in [6.07, 6.45) is 3.34. The summed E-state index contributed by atoms with van der Waals surface area (Å²) in [6, 6.07) is 5.32. The lowest BCUT2D eigenvalue weighted by molar-refractivity contribution is -0.117. The second-order valence-corrected chi connectivity index (χ2v) is 3.08. The van der Waals surface area contributed by atoms with Crippen molar-refractivity contribution in [2.45, 2.75) is 6.42 Å². The van der Waals surface area contributed by atoms with Crippen molar-refractivity contribution in [2.75, 3.05) is 6.54 Å². The van der Waals surface area contributed by atoms with Gasteiger partial charge in [0, 0.05) is 24.9 Å². The van der Waals surface area contributed by atoms with Gasteiger partial charge in [0.1, 0.15) is 11.5 Å². The van der Waals surface area contributed by atoms with Crippen molar-refractivity contribution in [1.29, 1.82) is 0 Å². The minimum absolute atomic E-state index is 0.0422. The zero-order valence-corrected chi connectivity index (χ0v) is 8.77. The zero-order valence-electron chi connectivity index (χ0n) is 8.77. The normalized spacial score (nSPS) is 9.00. The molecule has 1 amide bonds. The van der Waals surface area contributed by atoms with E-state index in [1.54, 1.807) is 36.4 Å². The molecule has 0 spiro atoms. The molecule has 82 valence electrons. The van der Waals surface area contributed by atoms with Crippen LogP contribution in [0.2, 0.25) is 0 Å². The lowest BCUT2D eigenvalue weighted by Gasteiger charge is -2.03. The summed E-state index contributed by atoms with van der Waals surface area (Å²) in [4.78, 5) is 26.1. The van der Waals surface area contributed by atoms with E-state index in [4.69, 9.17) is 0 Å². The molecule has 1 aromatic rings. The molecule has 4 nitrogen and oxygen atoms in total. The first-order chi connectivity index (χ1) is 7.77. The van der Waals surface area contributed by atoms with E-state index in [1.165, 1.54) is 0 Å². The first-order valence-electron chi connectivity index (χ1n) is 4.81. The molecule has 0 fully saturated rings. The molecule has 0 aliphatic carbocycles. The number of carbonyl (C=O) groups is 1. The predicted octanol–water partition coefficient (Wildman–Crippen LogP) is 0.684. The molecule has 0 aromatic carbocycles. The summed E-state index contributed by atoms with van der Waals surface area (Å²) in [6.45, 7) is 3.79. The maximum atomic E-state index is 11.5. The second-order valence-electron chi connectivity index (χ2n) is 3.08. The standard InChI is InChI=1S/C12H12N2O2/c1-2-6-14-12(16)10(9-15)8-11-5-3-4-7-13-11/h2-5,7H,1,6,8H2,(H,14,16). The van der Waals surface area contributed by atoms with E-state index in [-0.39, 0.29) is 12.0 Å². The molecule has 0 radical (unpaired) electrons. The molecule has 0 saturated heterocycles. The molecule has 16 heavy (non-hydrogen) atoms. The quantitative estimate of drug-likeness (QED) is 0.447. The summed E-state index contributed by atoms with van der Waals surface area (Å²) in [5, 5.41) is 2.52. The molecule has 1 rings (SSSR count). The van der Waals surface area contributed by atoms with Crippen molar-refractivity contribution in [2.24, 2.45) is 0 Å². The molecule has 0 unspecified atom stereocenters. The van der Waals surface area contributed by atoms with E-state index in [0.29, 0.717) is 12.2 Å². The zero-order chi connectivity index (χ0) is 11.8. The first kappa shape index (κ1) is 11.9. The van der Waals surface area contributed by atoms with Gasteiger partial charge in [-0.05, 0) is 12.1 Å². The van der Waals surface area contributed by atoms with Crippen molar-refractivity contribution >= 4 is 11.8 Å². The van der Waals surface area contributed by atoms with Crippen LogP contribution in [-0.4, -0.2) is 23.4 Å². The number of amides is 1. The Morgan fingerprint density at radius 3 is 2.94 bits per heavy atom. The maximum absolute atomic E-state index is 11.5. The van der Waals surface area contributed by atoms with E-state index in [9.17, 15) is 9.59 Å². The van der Waals surface area contributed by atoms with Gasteiger partial charge in [-0.3, -0.25) is 9.78 Å².